The van der Waals surface area contributed by atoms with E-state index in [-0.39, 0.29) is 46.7 Å². The minimum Gasteiger partial charge on any atom is -0.484 e. The highest BCUT2D eigenvalue weighted by Crippen LogP contribution is 2.30. The molecular formula is C30H26F3N5O4. The van der Waals surface area contributed by atoms with Gasteiger partial charge in [0.25, 0.3) is 0 Å². The van der Waals surface area contributed by atoms with Crippen LogP contribution in [-0.2, 0) is 24.3 Å². The van der Waals surface area contributed by atoms with Gasteiger partial charge in [-0.2, -0.15) is 5.26 Å². The molecule has 12 heteroatoms. The predicted molar refractivity (Wildman–Crippen MR) is 145 cm³/mol. The molecule has 2 fully saturated rings. The summed E-state index contributed by atoms with van der Waals surface area (Å²) in [6.45, 7) is 2.05. The van der Waals surface area contributed by atoms with Crippen LogP contribution in [0.25, 0.3) is 11.0 Å². The molecule has 6 rings (SSSR count). The number of imidazole rings is 1. The number of pyridine rings is 1. The molecular weight excluding hydrogens is 551 g/mol. The molecule has 2 saturated heterocycles. The van der Waals surface area contributed by atoms with Crippen LogP contribution in [0.4, 0.5) is 19.0 Å². The second-order valence-electron chi connectivity index (χ2n) is 10.5. The number of carbonyl (C=O) groups is 1. The molecule has 9 nitrogen and oxygen atoms in total. The van der Waals surface area contributed by atoms with E-state index in [1.165, 1.54) is 24.3 Å². The van der Waals surface area contributed by atoms with Crippen molar-refractivity contribution in [3.63, 3.8) is 0 Å². The van der Waals surface area contributed by atoms with Gasteiger partial charge in [0.1, 0.15) is 35.3 Å². The first kappa shape index (κ1) is 27.5. The number of carboxylic acids is 1. The summed E-state index contributed by atoms with van der Waals surface area (Å²) in [7, 11) is 0. The van der Waals surface area contributed by atoms with Crippen LogP contribution in [0.3, 0.4) is 0 Å². The summed E-state index contributed by atoms with van der Waals surface area (Å²) in [6.07, 6.45) is 2.12. The monoisotopic (exact) mass is 577 g/mol. The Morgan fingerprint density at radius 1 is 1.10 bits per heavy atom. The maximum absolute atomic E-state index is 14.9. The lowest BCUT2D eigenvalue weighted by molar-refractivity contribution is -0.0590. The standard InChI is InChI=1S/C30H26F3N5O4/c31-21-2-4-27(35-24(21)16-42-26-3-1-17(13-34)9-22(26)32)37-7-5-18(14-37)10-28-36-29-23(33)11-19(30(39)40)12-25(29)38(28)15-20-6-8-41-20/h1-4,9,11-12,18,20H,5-8,10,14-16H2,(H,39,40)/t18-,20-/m0/s1. The molecule has 0 saturated carbocycles. The van der Waals surface area contributed by atoms with Crippen molar-refractivity contribution >= 4 is 22.8 Å². The Balaban J connectivity index is 1.18. The minimum atomic E-state index is -1.21. The lowest BCUT2D eigenvalue weighted by Crippen LogP contribution is -2.32. The second kappa shape index (κ2) is 11.3. The molecule has 0 aliphatic carbocycles. The number of carboxylic acid groups (broad SMARTS) is 1. The van der Waals surface area contributed by atoms with Crippen LogP contribution in [0, 0.1) is 34.7 Å². The fourth-order valence-corrected chi connectivity index (χ4v) is 5.39. The molecule has 0 radical (unpaired) electrons. The van der Waals surface area contributed by atoms with Gasteiger partial charge >= 0.3 is 5.97 Å². The summed E-state index contributed by atoms with van der Waals surface area (Å²) < 4.78 is 56.5. The zero-order valence-electron chi connectivity index (χ0n) is 22.4. The number of fused-ring (bicyclic) bond motifs is 1. The van der Waals surface area contributed by atoms with Crippen molar-refractivity contribution in [3.05, 3.63) is 82.6 Å². The topological polar surface area (TPSA) is 114 Å². The number of aromatic nitrogens is 3. The largest absolute Gasteiger partial charge is 0.484 e. The number of rotatable bonds is 9. The van der Waals surface area contributed by atoms with E-state index in [0.717, 1.165) is 25.0 Å². The molecule has 4 heterocycles. The van der Waals surface area contributed by atoms with Crippen molar-refractivity contribution in [1.29, 1.82) is 5.26 Å². The average molecular weight is 578 g/mol. The molecule has 0 unspecified atom stereocenters. The molecule has 2 aromatic heterocycles. The molecule has 2 atom stereocenters. The maximum Gasteiger partial charge on any atom is 0.335 e. The van der Waals surface area contributed by atoms with Gasteiger partial charge < -0.3 is 24.0 Å². The van der Waals surface area contributed by atoms with Crippen molar-refractivity contribution in [2.75, 3.05) is 24.6 Å². The van der Waals surface area contributed by atoms with E-state index in [2.05, 4.69) is 9.97 Å². The Hall–Kier alpha value is -4.63. The van der Waals surface area contributed by atoms with Gasteiger partial charge in [-0.15, -0.1) is 0 Å². The number of nitriles is 1. The summed E-state index contributed by atoms with van der Waals surface area (Å²) in [6, 6.07) is 10.9. The van der Waals surface area contributed by atoms with Crippen molar-refractivity contribution in [1.82, 2.24) is 14.5 Å². The molecule has 0 spiro atoms. The van der Waals surface area contributed by atoms with Crippen molar-refractivity contribution in [3.8, 4) is 11.8 Å². The SMILES string of the molecule is N#Cc1ccc(OCc2nc(N3CC[C@@H](Cc4nc5c(F)cc(C(=O)O)cc5n4C[C@@H]4CCO4)C3)ccc2F)c(F)c1. The van der Waals surface area contributed by atoms with E-state index in [4.69, 9.17) is 14.7 Å². The normalized spacial score (nSPS) is 18.2. The van der Waals surface area contributed by atoms with Crippen LogP contribution in [-0.4, -0.2) is 51.4 Å². The van der Waals surface area contributed by atoms with Crippen LogP contribution in [0.5, 0.6) is 5.75 Å². The molecule has 216 valence electrons. The summed E-state index contributed by atoms with van der Waals surface area (Å²) in [5, 5.41) is 18.3. The Bertz CT molecular complexity index is 1720. The van der Waals surface area contributed by atoms with E-state index in [1.54, 1.807) is 6.07 Å². The van der Waals surface area contributed by atoms with E-state index in [9.17, 15) is 23.1 Å². The number of hydrogen-bond donors (Lipinski definition) is 1. The zero-order valence-corrected chi connectivity index (χ0v) is 22.4. The number of aromatic carboxylic acids is 1. The average Bonchev–Trinajstić information content (AvgIpc) is 3.55. The fourth-order valence-electron chi connectivity index (χ4n) is 5.39. The van der Waals surface area contributed by atoms with E-state index < -0.39 is 23.4 Å². The highest BCUT2D eigenvalue weighted by Gasteiger charge is 2.29. The van der Waals surface area contributed by atoms with Gasteiger partial charge in [0.05, 0.1) is 35.4 Å². The summed E-state index contributed by atoms with van der Waals surface area (Å²) in [5.41, 5.74) is 0.589. The Labute approximate surface area is 238 Å². The van der Waals surface area contributed by atoms with Gasteiger partial charge in [-0.1, -0.05) is 0 Å². The third-order valence-electron chi connectivity index (χ3n) is 7.72. The Morgan fingerprint density at radius 3 is 2.64 bits per heavy atom. The van der Waals surface area contributed by atoms with Crippen molar-refractivity contribution < 1.29 is 32.5 Å². The van der Waals surface area contributed by atoms with Gasteiger partial charge in [-0.05, 0) is 61.2 Å². The van der Waals surface area contributed by atoms with Crippen LogP contribution < -0.4 is 9.64 Å². The third-order valence-corrected chi connectivity index (χ3v) is 7.72. The molecule has 2 aromatic carbocycles. The van der Waals surface area contributed by atoms with Crippen LogP contribution in [0.15, 0.2) is 42.5 Å². The molecule has 0 bridgehead atoms. The van der Waals surface area contributed by atoms with Crippen LogP contribution in [0.2, 0.25) is 0 Å². The minimum absolute atomic E-state index is 0.0201. The van der Waals surface area contributed by atoms with E-state index >= 15 is 0 Å². The number of anilines is 1. The maximum atomic E-state index is 14.9. The van der Waals surface area contributed by atoms with Crippen molar-refractivity contribution in [2.45, 2.75) is 38.5 Å². The summed E-state index contributed by atoms with van der Waals surface area (Å²) in [4.78, 5) is 22.6. The third kappa shape index (κ3) is 5.47. The molecule has 2 aliphatic rings. The van der Waals surface area contributed by atoms with E-state index in [1.807, 2.05) is 15.5 Å². The van der Waals surface area contributed by atoms with Gasteiger partial charge in [0, 0.05) is 26.1 Å². The van der Waals surface area contributed by atoms with Gasteiger partial charge in [0.15, 0.2) is 17.4 Å². The highest BCUT2D eigenvalue weighted by molar-refractivity contribution is 5.92. The first-order valence-electron chi connectivity index (χ1n) is 13.6. The van der Waals surface area contributed by atoms with E-state index in [0.29, 0.717) is 49.8 Å². The highest BCUT2D eigenvalue weighted by atomic mass is 19.1. The number of nitrogens with zero attached hydrogens (tertiary/aromatic N) is 5. The first-order chi connectivity index (χ1) is 20.3. The number of ether oxygens (including phenoxy) is 2. The number of hydrogen-bond acceptors (Lipinski definition) is 7. The quantitative estimate of drug-likeness (QED) is 0.300. The number of benzene rings is 2. The summed E-state index contributed by atoms with van der Waals surface area (Å²) >= 11 is 0. The van der Waals surface area contributed by atoms with Crippen molar-refractivity contribution in [2.24, 2.45) is 5.92 Å². The van der Waals surface area contributed by atoms with Crippen LogP contribution in [0.1, 0.15) is 40.3 Å². The Morgan fingerprint density at radius 2 is 1.93 bits per heavy atom. The van der Waals surface area contributed by atoms with Gasteiger partial charge in [-0.3, -0.25) is 0 Å². The van der Waals surface area contributed by atoms with Gasteiger partial charge in [0.2, 0.25) is 0 Å². The van der Waals surface area contributed by atoms with Crippen LogP contribution >= 0.6 is 0 Å². The smallest absolute Gasteiger partial charge is 0.335 e. The molecule has 42 heavy (non-hydrogen) atoms. The molecule has 2 aliphatic heterocycles. The molecule has 4 aromatic rings. The number of halogens is 3. The van der Waals surface area contributed by atoms with Gasteiger partial charge in [-0.25, -0.2) is 27.9 Å². The fraction of sp³-hybridized carbons (Fsp3) is 0.333. The first-order valence-corrected chi connectivity index (χ1v) is 13.6. The lowest BCUT2D eigenvalue weighted by Gasteiger charge is -2.28. The molecule has 0 amide bonds. The Kier molecular flexibility index (Phi) is 7.43. The summed E-state index contributed by atoms with van der Waals surface area (Å²) in [5.74, 6) is -1.98. The predicted octanol–water partition coefficient (Wildman–Crippen LogP) is 4.86. The second-order valence-corrected chi connectivity index (χ2v) is 10.5. The zero-order chi connectivity index (χ0) is 29.4. The molecule has 1 N–H and O–H groups in total. The lowest BCUT2D eigenvalue weighted by atomic mass is 10.0.